The minimum atomic E-state index is -3.21. The van der Waals surface area contributed by atoms with Crippen molar-refractivity contribution in [2.75, 3.05) is 6.26 Å². The molecule has 1 aromatic rings. The first kappa shape index (κ1) is 11.7. The van der Waals surface area contributed by atoms with Crippen molar-refractivity contribution < 1.29 is 18.3 Å². The average molecular weight is 228 g/mol. The summed E-state index contributed by atoms with van der Waals surface area (Å²) < 4.78 is 22.1. The number of hydrogen-bond acceptors (Lipinski definition) is 3. The smallest absolute Gasteiger partial charge is 0.336 e. The van der Waals surface area contributed by atoms with Gasteiger partial charge in [-0.3, -0.25) is 0 Å². The Labute approximate surface area is 88.5 Å². The maximum Gasteiger partial charge on any atom is 0.336 e. The monoisotopic (exact) mass is 228 g/mol. The largest absolute Gasteiger partial charge is 0.478 e. The lowest BCUT2D eigenvalue weighted by Gasteiger charge is -2.05. The molecule has 0 saturated carbocycles. The summed E-state index contributed by atoms with van der Waals surface area (Å²) in [4.78, 5) is 10.9. The van der Waals surface area contributed by atoms with E-state index in [1.165, 1.54) is 6.07 Å². The molecule has 0 aliphatic rings. The van der Waals surface area contributed by atoms with Crippen LogP contribution < -0.4 is 0 Å². The number of carboxylic acid groups (broad SMARTS) is 1. The zero-order valence-electron chi connectivity index (χ0n) is 8.52. The number of carbonyl (C=O) groups is 1. The van der Waals surface area contributed by atoms with Gasteiger partial charge in [0.2, 0.25) is 0 Å². The summed E-state index contributed by atoms with van der Waals surface area (Å²) in [5.41, 5.74) is 1.18. The van der Waals surface area contributed by atoms with E-state index in [0.29, 0.717) is 5.56 Å². The van der Waals surface area contributed by atoms with Gasteiger partial charge in [0.05, 0.1) is 11.3 Å². The lowest BCUT2D eigenvalue weighted by atomic mass is 10.1. The molecule has 0 radical (unpaired) electrons. The third-order valence-corrected chi connectivity index (χ3v) is 2.75. The first-order chi connectivity index (χ1) is 6.79. The van der Waals surface area contributed by atoms with E-state index in [1.54, 1.807) is 19.1 Å². The number of rotatable bonds is 3. The molecule has 82 valence electrons. The number of hydrogen-bond donors (Lipinski definition) is 1. The number of carboxylic acids is 1. The quantitative estimate of drug-likeness (QED) is 0.844. The van der Waals surface area contributed by atoms with Crippen LogP contribution in [0.25, 0.3) is 0 Å². The van der Waals surface area contributed by atoms with Crippen molar-refractivity contribution >= 4 is 15.8 Å². The van der Waals surface area contributed by atoms with Gasteiger partial charge in [0.15, 0.2) is 9.84 Å². The van der Waals surface area contributed by atoms with Gasteiger partial charge in [-0.2, -0.15) is 0 Å². The number of aryl methyl sites for hydroxylation is 1. The maximum atomic E-state index is 11.1. The van der Waals surface area contributed by atoms with Gasteiger partial charge in [-0.1, -0.05) is 17.7 Å². The van der Waals surface area contributed by atoms with Crippen molar-refractivity contribution in [2.24, 2.45) is 0 Å². The van der Waals surface area contributed by atoms with Crippen LogP contribution in [0, 0.1) is 6.92 Å². The van der Waals surface area contributed by atoms with Gasteiger partial charge in [-0.15, -0.1) is 0 Å². The van der Waals surface area contributed by atoms with Crippen LogP contribution in [-0.4, -0.2) is 25.7 Å². The third kappa shape index (κ3) is 3.36. The lowest BCUT2D eigenvalue weighted by Crippen LogP contribution is -2.08. The van der Waals surface area contributed by atoms with Crippen molar-refractivity contribution in [3.8, 4) is 0 Å². The zero-order chi connectivity index (χ0) is 11.6. The second-order valence-electron chi connectivity index (χ2n) is 3.54. The highest BCUT2D eigenvalue weighted by molar-refractivity contribution is 7.89. The molecule has 0 aromatic heterocycles. The summed E-state index contributed by atoms with van der Waals surface area (Å²) >= 11 is 0. The SMILES string of the molecule is Cc1ccc(CS(C)(=O)=O)c(C(=O)O)c1. The van der Waals surface area contributed by atoms with Gasteiger partial charge in [0.25, 0.3) is 0 Å². The maximum absolute atomic E-state index is 11.1. The van der Waals surface area contributed by atoms with Gasteiger partial charge >= 0.3 is 5.97 Å². The molecule has 0 spiro atoms. The van der Waals surface area contributed by atoms with E-state index < -0.39 is 15.8 Å². The summed E-state index contributed by atoms with van der Waals surface area (Å²) in [6.07, 6.45) is 1.08. The van der Waals surface area contributed by atoms with Gasteiger partial charge in [0.1, 0.15) is 0 Å². The minimum Gasteiger partial charge on any atom is -0.478 e. The highest BCUT2D eigenvalue weighted by atomic mass is 32.2. The summed E-state index contributed by atoms with van der Waals surface area (Å²) in [5, 5.41) is 8.89. The molecule has 0 bridgehead atoms. The predicted octanol–water partition coefficient (Wildman–Crippen LogP) is 1.24. The molecule has 0 aliphatic carbocycles. The Hall–Kier alpha value is -1.36. The summed E-state index contributed by atoms with van der Waals surface area (Å²) in [5.74, 6) is -1.34. The molecule has 1 N–H and O–H groups in total. The van der Waals surface area contributed by atoms with Crippen LogP contribution in [-0.2, 0) is 15.6 Å². The summed E-state index contributed by atoms with van der Waals surface area (Å²) in [6.45, 7) is 1.76. The highest BCUT2D eigenvalue weighted by Gasteiger charge is 2.14. The molecule has 0 fully saturated rings. The van der Waals surface area contributed by atoms with Crippen LogP contribution in [0.1, 0.15) is 21.5 Å². The van der Waals surface area contributed by atoms with Gasteiger partial charge < -0.3 is 5.11 Å². The Morgan fingerprint density at radius 3 is 2.47 bits per heavy atom. The van der Waals surface area contributed by atoms with Crippen molar-refractivity contribution in [3.63, 3.8) is 0 Å². The standard InChI is InChI=1S/C10H12O4S/c1-7-3-4-8(6-15(2,13)14)9(5-7)10(11)12/h3-5H,6H2,1-2H3,(H,11,12). The first-order valence-corrected chi connectivity index (χ1v) is 6.36. The zero-order valence-corrected chi connectivity index (χ0v) is 9.34. The first-order valence-electron chi connectivity index (χ1n) is 4.30. The van der Waals surface area contributed by atoms with E-state index in [0.717, 1.165) is 11.8 Å². The topological polar surface area (TPSA) is 71.4 Å². The molecule has 0 atom stereocenters. The van der Waals surface area contributed by atoms with Crippen molar-refractivity contribution in [1.29, 1.82) is 0 Å². The molecule has 15 heavy (non-hydrogen) atoms. The Morgan fingerprint density at radius 2 is 2.00 bits per heavy atom. The molecule has 5 heteroatoms. The molecule has 0 aliphatic heterocycles. The number of benzene rings is 1. The molecule has 1 rings (SSSR count). The molecule has 0 heterocycles. The molecule has 4 nitrogen and oxygen atoms in total. The van der Waals surface area contributed by atoms with Crippen molar-refractivity contribution in [2.45, 2.75) is 12.7 Å². The van der Waals surface area contributed by atoms with Crippen LogP contribution in [0.4, 0.5) is 0 Å². The van der Waals surface area contributed by atoms with Gasteiger partial charge in [-0.05, 0) is 18.6 Å². The molecule has 0 saturated heterocycles. The highest BCUT2D eigenvalue weighted by Crippen LogP contribution is 2.14. The molecular weight excluding hydrogens is 216 g/mol. The van der Waals surface area contributed by atoms with Crippen LogP contribution in [0.5, 0.6) is 0 Å². The second kappa shape index (κ2) is 4.02. The van der Waals surface area contributed by atoms with Crippen LogP contribution in [0.3, 0.4) is 0 Å². The summed E-state index contributed by atoms with van der Waals surface area (Å²) in [7, 11) is -3.21. The van der Waals surface area contributed by atoms with E-state index in [2.05, 4.69) is 0 Å². The van der Waals surface area contributed by atoms with E-state index in [1.807, 2.05) is 0 Å². The van der Waals surface area contributed by atoms with Crippen molar-refractivity contribution in [3.05, 3.63) is 34.9 Å². The lowest BCUT2D eigenvalue weighted by molar-refractivity contribution is 0.0696. The average Bonchev–Trinajstić information content (AvgIpc) is 2.05. The van der Waals surface area contributed by atoms with E-state index in [9.17, 15) is 13.2 Å². The normalized spacial score (nSPS) is 11.3. The molecule has 0 unspecified atom stereocenters. The van der Waals surface area contributed by atoms with Crippen LogP contribution in [0.2, 0.25) is 0 Å². The molecule has 1 aromatic carbocycles. The molecule has 0 amide bonds. The van der Waals surface area contributed by atoms with E-state index >= 15 is 0 Å². The predicted molar refractivity (Wildman–Crippen MR) is 56.7 cm³/mol. The van der Waals surface area contributed by atoms with E-state index in [-0.39, 0.29) is 11.3 Å². The number of sulfone groups is 1. The molecular formula is C10H12O4S. The Balaban J connectivity index is 3.24. The Bertz CT molecular complexity index is 488. The third-order valence-electron chi connectivity index (χ3n) is 1.91. The second-order valence-corrected chi connectivity index (χ2v) is 5.68. The van der Waals surface area contributed by atoms with Gasteiger partial charge in [0, 0.05) is 6.26 Å². The van der Waals surface area contributed by atoms with Crippen molar-refractivity contribution in [1.82, 2.24) is 0 Å². The Morgan fingerprint density at radius 1 is 1.40 bits per heavy atom. The van der Waals surface area contributed by atoms with Crippen LogP contribution in [0.15, 0.2) is 18.2 Å². The fourth-order valence-electron chi connectivity index (χ4n) is 1.30. The number of aromatic carboxylic acids is 1. The van der Waals surface area contributed by atoms with Gasteiger partial charge in [-0.25, -0.2) is 13.2 Å². The fourth-order valence-corrected chi connectivity index (χ4v) is 2.11. The Kier molecular flexibility index (Phi) is 3.14. The summed E-state index contributed by atoms with van der Waals surface area (Å²) in [6, 6.07) is 4.72. The minimum absolute atomic E-state index is 0.0559. The van der Waals surface area contributed by atoms with Crippen LogP contribution >= 0.6 is 0 Å². The fraction of sp³-hybridized carbons (Fsp3) is 0.300. The van der Waals surface area contributed by atoms with E-state index in [4.69, 9.17) is 5.11 Å².